The Balaban J connectivity index is 1.45. The Labute approximate surface area is 134 Å². The molecule has 0 unspecified atom stereocenters. The molecule has 2 aromatic rings. The largest absolute Gasteiger partial charge is 0.467 e. The molecule has 7 nitrogen and oxygen atoms in total. The predicted molar refractivity (Wildman–Crippen MR) is 87.1 cm³/mol. The van der Waals surface area contributed by atoms with Gasteiger partial charge in [-0.2, -0.15) is 0 Å². The molecule has 122 valence electrons. The van der Waals surface area contributed by atoms with Crippen molar-refractivity contribution in [1.82, 2.24) is 15.5 Å². The van der Waals surface area contributed by atoms with Crippen molar-refractivity contribution in [2.75, 3.05) is 10.6 Å². The minimum Gasteiger partial charge on any atom is -0.467 e. The highest BCUT2D eigenvalue weighted by molar-refractivity contribution is 5.88. The Bertz CT molecular complexity index is 606. The van der Waals surface area contributed by atoms with E-state index in [1.165, 1.54) is 19.3 Å². The second-order valence-electron chi connectivity index (χ2n) is 5.67. The lowest BCUT2D eigenvalue weighted by atomic mass is 9.96. The van der Waals surface area contributed by atoms with Crippen LogP contribution in [0.5, 0.6) is 0 Å². The van der Waals surface area contributed by atoms with E-state index in [0.29, 0.717) is 18.2 Å². The number of anilines is 2. The van der Waals surface area contributed by atoms with Crippen LogP contribution in [0.2, 0.25) is 0 Å². The number of nitrogens with one attached hydrogen (secondary N) is 3. The lowest BCUT2D eigenvalue weighted by Crippen LogP contribution is -2.39. The predicted octanol–water partition coefficient (Wildman–Crippen LogP) is 3.14. The number of nitrogens with zero attached hydrogens (tertiary/aromatic N) is 2. The molecule has 1 fully saturated rings. The summed E-state index contributed by atoms with van der Waals surface area (Å²) in [5, 5.41) is 16.8. The van der Waals surface area contributed by atoms with Crippen LogP contribution < -0.4 is 16.0 Å². The number of urea groups is 1. The first-order valence-electron chi connectivity index (χ1n) is 7.97. The van der Waals surface area contributed by atoms with Crippen molar-refractivity contribution in [2.24, 2.45) is 0 Å². The molecule has 23 heavy (non-hydrogen) atoms. The number of aromatic nitrogens is 2. The molecule has 0 aliphatic heterocycles. The average Bonchev–Trinajstić information content (AvgIpc) is 3.08. The van der Waals surface area contributed by atoms with Crippen LogP contribution in [0.25, 0.3) is 0 Å². The number of furan rings is 1. The Morgan fingerprint density at radius 1 is 1.13 bits per heavy atom. The van der Waals surface area contributed by atoms with Crippen molar-refractivity contribution < 1.29 is 9.21 Å². The molecule has 0 aromatic carbocycles. The molecule has 2 aromatic heterocycles. The number of amides is 2. The maximum Gasteiger partial charge on any atom is 0.320 e. The molecular formula is C16H21N5O2. The normalized spacial score (nSPS) is 15.1. The molecule has 1 aliphatic carbocycles. The van der Waals surface area contributed by atoms with Gasteiger partial charge in [0.15, 0.2) is 5.82 Å². The Hall–Kier alpha value is -2.57. The molecule has 0 saturated heterocycles. The van der Waals surface area contributed by atoms with Gasteiger partial charge in [0.1, 0.15) is 11.6 Å². The van der Waals surface area contributed by atoms with Crippen LogP contribution in [0.3, 0.4) is 0 Å². The van der Waals surface area contributed by atoms with E-state index in [2.05, 4.69) is 26.1 Å². The Morgan fingerprint density at radius 2 is 1.91 bits per heavy atom. The molecule has 3 N–H and O–H groups in total. The van der Waals surface area contributed by atoms with Gasteiger partial charge in [-0.25, -0.2) is 4.79 Å². The molecular weight excluding hydrogens is 294 g/mol. The summed E-state index contributed by atoms with van der Waals surface area (Å²) < 4.78 is 5.23. The topological polar surface area (TPSA) is 92.1 Å². The van der Waals surface area contributed by atoms with Crippen LogP contribution in [0.15, 0.2) is 34.9 Å². The molecule has 0 bridgehead atoms. The van der Waals surface area contributed by atoms with E-state index < -0.39 is 0 Å². The van der Waals surface area contributed by atoms with E-state index in [9.17, 15) is 4.79 Å². The zero-order chi connectivity index (χ0) is 15.9. The second-order valence-corrected chi connectivity index (χ2v) is 5.67. The minimum atomic E-state index is -0.220. The van der Waals surface area contributed by atoms with Gasteiger partial charge in [0.2, 0.25) is 0 Å². The third-order valence-electron chi connectivity index (χ3n) is 3.87. The van der Waals surface area contributed by atoms with Crippen molar-refractivity contribution >= 4 is 17.7 Å². The maximum atomic E-state index is 11.9. The molecule has 1 aliphatic rings. The lowest BCUT2D eigenvalue weighted by Gasteiger charge is -2.22. The fourth-order valence-corrected chi connectivity index (χ4v) is 2.67. The van der Waals surface area contributed by atoms with Crippen LogP contribution in [-0.4, -0.2) is 22.3 Å². The number of rotatable bonds is 5. The van der Waals surface area contributed by atoms with Crippen LogP contribution in [0, 0.1) is 0 Å². The van der Waals surface area contributed by atoms with Crippen LogP contribution in [0.4, 0.5) is 16.4 Å². The van der Waals surface area contributed by atoms with Crippen molar-refractivity contribution in [3.05, 3.63) is 36.3 Å². The van der Waals surface area contributed by atoms with Gasteiger partial charge in [-0.1, -0.05) is 19.3 Å². The summed E-state index contributed by atoms with van der Waals surface area (Å²) in [7, 11) is 0. The van der Waals surface area contributed by atoms with Gasteiger partial charge in [-0.15, -0.1) is 10.2 Å². The van der Waals surface area contributed by atoms with E-state index in [-0.39, 0.29) is 12.1 Å². The fourth-order valence-electron chi connectivity index (χ4n) is 2.67. The summed E-state index contributed by atoms with van der Waals surface area (Å²) in [6, 6.07) is 7.25. The molecule has 2 amide bonds. The first-order valence-corrected chi connectivity index (χ1v) is 7.97. The molecule has 0 radical (unpaired) electrons. The van der Waals surface area contributed by atoms with Gasteiger partial charge in [-0.05, 0) is 37.1 Å². The number of hydrogen-bond donors (Lipinski definition) is 3. The molecule has 0 atom stereocenters. The monoisotopic (exact) mass is 315 g/mol. The number of hydrogen-bond acceptors (Lipinski definition) is 5. The highest BCUT2D eigenvalue weighted by Crippen LogP contribution is 2.17. The summed E-state index contributed by atoms with van der Waals surface area (Å²) in [5.41, 5.74) is 0. The summed E-state index contributed by atoms with van der Waals surface area (Å²) in [5.74, 6) is 1.88. The molecule has 1 saturated carbocycles. The third kappa shape index (κ3) is 4.70. The van der Waals surface area contributed by atoms with E-state index in [1.54, 1.807) is 18.4 Å². The maximum absolute atomic E-state index is 11.9. The highest BCUT2D eigenvalue weighted by atomic mass is 16.3. The van der Waals surface area contributed by atoms with Crippen molar-refractivity contribution in [3.63, 3.8) is 0 Å². The Morgan fingerprint density at radius 3 is 2.61 bits per heavy atom. The second kappa shape index (κ2) is 7.62. The van der Waals surface area contributed by atoms with Gasteiger partial charge in [0.25, 0.3) is 0 Å². The molecule has 7 heteroatoms. The molecule has 3 rings (SSSR count). The van der Waals surface area contributed by atoms with Crippen LogP contribution in [0.1, 0.15) is 37.9 Å². The lowest BCUT2D eigenvalue weighted by molar-refractivity contribution is 0.244. The van der Waals surface area contributed by atoms with Crippen LogP contribution >= 0.6 is 0 Å². The van der Waals surface area contributed by atoms with E-state index in [4.69, 9.17) is 4.42 Å². The Kier molecular flexibility index (Phi) is 5.08. The first-order chi connectivity index (χ1) is 11.3. The summed E-state index contributed by atoms with van der Waals surface area (Å²) in [6.07, 6.45) is 7.35. The first kappa shape index (κ1) is 15.3. The van der Waals surface area contributed by atoms with Gasteiger partial charge < -0.3 is 15.1 Å². The molecule has 2 heterocycles. The van der Waals surface area contributed by atoms with E-state index in [1.807, 2.05) is 12.1 Å². The summed E-state index contributed by atoms with van der Waals surface area (Å²) in [6.45, 7) is 0.538. The quantitative estimate of drug-likeness (QED) is 0.788. The van der Waals surface area contributed by atoms with Crippen molar-refractivity contribution in [3.8, 4) is 0 Å². The van der Waals surface area contributed by atoms with E-state index in [0.717, 1.165) is 18.6 Å². The van der Waals surface area contributed by atoms with E-state index >= 15 is 0 Å². The minimum absolute atomic E-state index is 0.220. The highest BCUT2D eigenvalue weighted by Gasteiger charge is 2.15. The van der Waals surface area contributed by atoms with Gasteiger partial charge >= 0.3 is 6.03 Å². The van der Waals surface area contributed by atoms with Gasteiger partial charge in [0.05, 0.1) is 12.8 Å². The SMILES string of the molecule is O=C(Nc1ccc(NCc2ccco2)nn1)NC1CCCCC1. The average molecular weight is 315 g/mol. The zero-order valence-electron chi connectivity index (χ0n) is 12.9. The smallest absolute Gasteiger partial charge is 0.320 e. The number of carbonyl (C=O) groups excluding carboxylic acids is 1. The standard InChI is InChI=1S/C16H21N5O2/c22-16(18-12-5-2-1-3-6-12)19-15-9-8-14(20-21-15)17-11-13-7-4-10-23-13/h4,7-10,12H,1-3,5-6,11H2,(H,17,20)(H2,18,19,21,22). The fraction of sp³-hybridized carbons (Fsp3) is 0.438. The summed E-state index contributed by atoms with van der Waals surface area (Å²) in [4.78, 5) is 11.9. The zero-order valence-corrected chi connectivity index (χ0v) is 12.9. The summed E-state index contributed by atoms with van der Waals surface area (Å²) >= 11 is 0. The van der Waals surface area contributed by atoms with Gasteiger partial charge in [0, 0.05) is 6.04 Å². The van der Waals surface area contributed by atoms with Crippen molar-refractivity contribution in [2.45, 2.75) is 44.7 Å². The van der Waals surface area contributed by atoms with Crippen LogP contribution in [-0.2, 0) is 6.54 Å². The van der Waals surface area contributed by atoms with Crippen molar-refractivity contribution in [1.29, 1.82) is 0 Å². The number of carbonyl (C=O) groups is 1. The van der Waals surface area contributed by atoms with Gasteiger partial charge in [-0.3, -0.25) is 5.32 Å². The third-order valence-corrected chi connectivity index (χ3v) is 3.87. The molecule has 0 spiro atoms.